The fourth-order valence-electron chi connectivity index (χ4n) is 0.609. The van der Waals surface area contributed by atoms with E-state index in [0.717, 1.165) is 11.6 Å². The first-order chi connectivity index (χ1) is 3.79. The maximum absolute atomic E-state index is 5.02. The van der Waals surface area contributed by atoms with Crippen LogP contribution in [0.25, 0.3) is 0 Å². The minimum absolute atomic E-state index is 0.682. The normalized spacial score (nSPS) is 18.8. The zero-order valence-electron chi connectivity index (χ0n) is 5.14. The highest BCUT2D eigenvalue weighted by Crippen LogP contribution is 2.01. The molecule has 2 heteroatoms. The van der Waals surface area contributed by atoms with E-state index in [2.05, 4.69) is 4.99 Å². The first-order valence-electron chi connectivity index (χ1n) is 2.64. The third-order valence-electron chi connectivity index (χ3n) is 1.00. The first kappa shape index (κ1) is 5.35. The molecule has 44 valence electrons. The summed E-state index contributed by atoms with van der Waals surface area (Å²) in [5.74, 6) is 0.769. The molecule has 0 atom stereocenters. The molecule has 0 unspecified atom stereocenters. The second-order valence-corrected chi connectivity index (χ2v) is 1.79. The van der Waals surface area contributed by atoms with Crippen LogP contribution >= 0.6 is 0 Å². The van der Waals surface area contributed by atoms with E-state index in [4.69, 9.17) is 4.74 Å². The lowest BCUT2D eigenvalue weighted by Gasteiger charge is -2.06. The molecule has 0 amide bonds. The minimum atomic E-state index is 0.682. The lowest BCUT2D eigenvalue weighted by Crippen LogP contribution is -2.04. The van der Waals surface area contributed by atoms with Crippen molar-refractivity contribution in [2.24, 2.45) is 4.99 Å². The number of allylic oxidation sites excluding steroid dienone is 1. The van der Waals surface area contributed by atoms with Gasteiger partial charge in [0.1, 0.15) is 6.61 Å². The third-order valence-corrected chi connectivity index (χ3v) is 1.00. The summed E-state index contributed by atoms with van der Waals surface area (Å²) in [4.78, 5) is 4.04. The highest BCUT2D eigenvalue weighted by Gasteiger charge is 1.96. The van der Waals surface area contributed by atoms with E-state index in [1.807, 2.05) is 19.9 Å². The molecule has 0 aromatic carbocycles. The summed E-state index contributed by atoms with van der Waals surface area (Å²) in [6, 6.07) is 0. The number of hydrogen-bond acceptors (Lipinski definition) is 2. The molecule has 8 heavy (non-hydrogen) atoms. The van der Waals surface area contributed by atoms with Crippen LogP contribution in [0.5, 0.6) is 0 Å². The van der Waals surface area contributed by atoms with E-state index in [0.29, 0.717) is 6.61 Å². The highest BCUT2D eigenvalue weighted by molar-refractivity contribution is 5.75. The fourth-order valence-corrected chi connectivity index (χ4v) is 0.609. The van der Waals surface area contributed by atoms with Gasteiger partial charge in [0.2, 0.25) is 0 Å². The summed E-state index contributed by atoms with van der Waals surface area (Å²) in [7, 11) is 0. The van der Waals surface area contributed by atoms with E-state index >= 15 is 0 Å². The Balaban J connectivity index is 2.69. The quantitative estimate of drug-likeness (QED) is 0.462. The van der Waals surface area contributed by atoms with Gasteiger partial charge in [0.05, 0.1) is 0 Å². The van der Waals surface area contributed by atoms with Crippen molar-refractivity contribution in [3.05, 3.63) is 11.8 Å². The summed E-state index contributed by atoms with van der Waals surface area (Å²) in [6.45, 7) is 4.50. The summed E-state index contributed by atoms with van der Waals surface area (Å²) >= 11 is 0. The molecule has 0 N–H and O–H groups in total. The van der Waals surface area contributed by atoms with Gasteiger partial charge < -0.3 is 4.74 Å². The Bertz CT molecular complexity index is 147. The number of aliphatic imine (C=N–C) groups is 1. The van der Waals surface area contributed by atoms with Crippen molar-refractivity contribution in [2.75, 3.05) is 6.61 Å². The van der Waals surface area contributed by atoms with Crippen LogP contribution in [0.1, 0.15) is 13.8 Å². The van der Waals surface area contributed by atoms with E-state index in [1.165, 1.54) is 0 Å². The second kappa shape index (κ2) is 1.99. The Morgan fingerprint density at radius 1 is 1.62 bits per heavy atom. The van der Waals surface area contributed by atoms with Crippen LogP contribution in [0.3, 0.4) is 0 Å². The van der Waals surface area contributed by atoms with Gasteiger partial charge in [0, 0.05) is 12.6 Å². The fraction of sp³-hybridized carbons (Fsp3) is 0.500. The van der Waals surface area contributed by atoms with Crippen LogP contribution < -0.4 is 0 Å². The molecular formula is C6H9NO. The van der Waals surface area contributed by atoms with Crippen LogP contribution in [0.2, 0.25) is 0 Å². The van der Waals surface area contributed by atoms with Crippen molar-refractivity contribution in [1.82, 2.24) is 0 Å². The van der Waals surface area contributed by atoms with Gasteiger partial charge in [0.15, 0.2) is 5.90 Å². The zero-order valence-corrected chi connectivity index (χ0v) is 5.14. The van der Waals surface area contributed by atoms with Crippen molar-refractivity contribution in [3.8, 4) is 0 Å². The van der Waals surface area contributed by atoms with Gasteiger partial charge in [-0.15, -0.1) is 0 Å². The van der Waals surface area contributed by atoms with E-state index in [-0.39, 0.29) is 0 Å². The predicted octanol–water partition coefficient (Wildman–Crippen LogP) is 1.34. The molecular weight excluding hydrogens is 102 g/mol. The van der Waals surface area contributed by atoms with Crippen LogP contribution in [-0.2, 0) is 4.74 Å². The number of rotatable bonds is 0. The van der Waals surface area contributed by atoms with Crippen molar-refractivity contribution >= 4 is 5.90 Å². The predicted molar refractivity (Wildman–Crippen MR) is 32.8 cm³/mol. The van der Waals surface area contributed by atoms with Crippen LogP contribution in [-0.4, -0.2) is 12.5 Å². The van der Waals surface area contributed by atoms with E-state index in [9.17, 15) is 0 Å². The van der Waals surface area contributed by atoms with Gasteiger partial charge in [-0.1, -0.05) is 0 Å². The van der Waals surface area contributed by atoms with Gasteiger partial charge >= 0.3 is 0 Å². The minimum Gasteiger partial charge on any atom is -0.477 e. The topological polar surface area (TPSA) is 21.6 Å². The van der Waals surface area contributed by atoms with Crippen molar-refractivity contribution in [2.45, 2.75) is 13.8 Å². The Kier molecular flexibility index (Phi) is 1.33. The monoisotopic (exact) mass is 111 g/mol. The van der Waals surface area contributed by atoms with Gasteiger partial charge in [-0.05, 0) is 13.0 Å². The van der Waals surface area contributed by atoms with Crippen LogP contribution in [0.15, 0.2) is 16.8 Å². The summed E-state index contributed by atoms with van der Waals surface area (Å²) in [5.41, 5.74) is 1.05. The molecule has 0 bridgehead atoms. The molecule has 0 saturated heterocycles. The average Bonchev–Trinajstić information content (AvgIpc) is 1.64. The number of ether oxygens (including phenoxy) is 1. The number of hydrogen-bond donors (Lipinski definition) is 0. The molecule has 0 radical (unpaired) electrons. The largest absolute Gasteiger partial charge is 0.477 e. The van der Waals surface area contributed by atoms with Gasteiger partial charge in [-0.2, -0.15) is 0 Å². The Morgan fingerprint density at radius 3 is 2.75 bits per heavy atom. The lowest BCUT2D eigenvalue weighted by molar-refractivity contribution is 0.339. The van der Waals surface area contributed by atoms with Gasteiger partial charge in [0.25, 0.3) is 0 Å². The molecule has 0 fully saturated rings. The molecule has 2 nitrogen and oxygen atoms in total. The van der Waals surface area contributed by atoms with Crippen LogP contribution in [0, 0.1) is 0 Å². The van der Waals surface area contributed by atoms with E-state index < -0.39 is 0 Å². The van der Waals surface area contributed by atoms with Gasteiger partial charge in [-0.25, -0.2) is 4.99 Å². The standard InChI is InChI=1S/C6H9NO/c1-5-3-4-8-6(2)7-5/h3H,4H2,1-2H3. The SMILES string of the molecule is CC1=CCOC(C)=N1. The second-order valence-electron chi connectivity index (χ2n) is 1.79. The molecule has 0 spiro atoms. The highest BCUT2D eigenvalue weighted by atomic mass is 16.5. The average molecular weight is 111 g/mol. The Labute approximate surface area is 48.9 Å². The van der Waals surface area contributed by atoms with Crippen molar-refractivity contribution in [3.63, 3.8) is 0 Å². The first-order valence-corrected chi connectivity index (χ1v) is 2.64. The maximum atomic E-state index is 5.02. The summed E-state index contributed by atoms with van der Waals surface area (Å²) in [5, 5.41) is 0. The van der Waals surface area contributed by atoms with E-state index in [1.54, 1.807) is 0 Å². The third kappa shape index (κ3) is 1.09. The molecule has 1 heterocycles. The Hall–Kier alpha value is -0.790. The van der Waals surface area contributed by atoms with Gasteiger partial charge in [-0.3, -0.25) is 0 Å². The molecule has 0 aromatic heterocycles. The molecule has 0 aromatic rings. The van der Waals surface area contributed by atoms with Crippen LogP contribution in [0.4, 0.5) is 0 Å². The smallest absolute Gasteiger partial charge is 0.185 e. The Morgan fingerprint density at radius 2 is 2.38 bits per heavy atom. The maximum Gasteiger partial charge on any atom is 0.185 e. The zero-order chi connectivity index (χ0) is 5.98. The van der Waals surface area contributed by atoms with Crippen molar-refractivity contribution in [1.29, 1.82) is 0 Å². The summed E-state index contributed by atoms with van der Waals surface area (Å²) < 4.78 is 5.02. The summed E-state index contributed by atoms with van der Waals surface area (Å²) in [6.07, 6.45) is 1.95. The number of nitrogens with zero attached hydrogens (tertiary/aromatic N) is 1. The molecule has 0 saturated carbocycles. The lowest BCUT2D eigenvalue weighted by atomic mass is 10.4. The molecule has 1 rings (SSSR count). The van der Waals surface area contributed by atoms with Crippen molar-refractivity contribution < 1.29 is 4.74 Å². The molecule has 0 aliphatic carbocycles. The molecule has 1 aliphatic rings. The molecule has 1 aliphatic heterocycles.